The summed E-state index contributed by atoms with van der Waals surface area (Å²) in [7, 11) is 0. The molecule has 0 spiro atoms. The lowest BCUT2D eigenvalue weighted by atomic mass is 9.76. The Balaban J connectivity index is 1.41. The predicted molar refractivity (Wildman–Crippen MR) is 132 cm³/mol. The number of aryl methyl sites for hydroxylation is 1. The molecule has 0 aromatic heterocycles. The first-order valence-corrected chi connectivity index (χ1v) is 12.2. The van der Waals surface area contributed by atoms with E-state index < -0.39 is 18.5 Å². The van der Waals surface area contributed by atoms with Crippen LogP contribution in [-0.4, -0.2) is 30.3 Å². The SMILES string of the molecule is Cc1cc(Br)c(Cl)cc1NC(=O)COC(=O)c1cccc(N2C(=O)[C@@H]3CC[C@@H](C)C[C@H]3C2=O)c1. The van der Waals surface area contributed by atoms with Gasteiger partial charge in [0.25, 0.3) is 5.91 Å². The molecule has 7 nitrogen and oxygen atoms in total. The number of imide groups is 1. The van der Waals surface area contributed by atoms with Gasteiger partial charge in [0.2, 0.25) is 11.8 Å². The van der Waals surface area contributed by atoms with Gasteiger partial charge in [-0.15, -0.1) is 0 Å². The first kappa shape index (κ1) is 24.4. The van der Waals surface area contributed by atoms with E-state index >= 15 is 0 Å². The summed E-state index contributed by atoms with van der Waals surface area (Å²) < 4.78 is 5.86. The normalized spacial score (nSPS) is 21.9. The molecule has 1 saturated carbocycles. The lowest BCUT2D eigenvalue weighted by Gasteiger charge is -2.25. The number of ether oxygens (including phenoxy) is 1. The first-order valence-electron chi connectivity index (χ1n) is 11.1. The van der Waals surface area contributed by atoms with E-state index in [-0.39, 0.29) is 29.2 Å². The Hall–Kier alpha value is -2.71. The predicted octanol–water partition coefficient (Wildman–Crippen LogP) is 5.13. The van der Waals surface area contributed by atoms with Crippen LogP contribution in [0.4, 0.5) is 11.4 Å². The maximum Gasteiger partial charge on any atom is 0.338 e. The quantitative estimate of drug-likeness (QED) is 0.414. The lowest BCUT2D eigenvalue weighted by Crippen LogP contribution is -2.31. The van der Waals surface area contributed by atoms with Crippen LogP contribution in [0.2, 0.25) is 5.02 Å². The van der Waals surface area contributed by atoms with Crippen LogP contribution in [0.3, 0.4) is 0 Å². The Kier molecular flexibility index (Phi) is 7.09. The standard InChI is InChI=1S/C25H24BrClN2O5/c1-13-6-7-17-18(8-13)24(32)29(23(17)31)16-5-3-4-15(10-16)25(33)34-12-22(30)28-21-11-20(27)19(26)9-14(21)2/h3-5,9-11,13,17-18H,6-8,12H2,1-2H3,(H,28,30)/t13-,17-,18-/m1/s1. The molecule has 2 aromatic rings. The zero-order valence-corrected chi connectivity index (χ0v) is 21.1. The van der Waals surface area contributed by atoms with Gasteiger partial charge in [-0.3, -0.25) is 19.3 Å². The van der Waals surface area contributed by atoms with E-state index in [2.05, 4.69) is 28.2 Å². The summed E-state index contributed by atoms with van der Waals surface area (Å²) >= 11 is 9.40. The Morgan fingerprint density at radius 1 is 1.15 bits per heavy atom. The van der Waals surface area contributed by atoms with E-state index in [1.54, 1.807) is 24.3 Å². The van der Waals surface area contributed by atoms with Crippen LogP contribution in [0.5, 0.6) is 0 Å². The van der Waals surface area contributed by atoms with Gasteiger partial charge in [-0.2, -0.15) is 0 Å². The van der Waals surface area contributed by atoms with Crippen LogP contribution in [-0.2, 0) is 19.1 Å². The molecule has 1 aliphatic heterocycles. The van der Waals surface area contributed by atoms with Crippen molar-refractivity contribution < 1.29 is 23.9 Å². The van der Waals surface area contributed by atoms with E-state index in [9.17, 15) is 19.2 Å². The number of esters is 1. The van der Waals surface area contributed by atoms with Crippen molar-refractivity contribution in [3.8, 4) is 0 Å². The summed E-state index contributed by atoms with van der Waals surface area (Å²) in [5.74, 6) is -1.86. The van der Waals surface area contributed by atoms with E-state index in [0.29, 0.717) is 39.6 Å². The van der Waals surface area contributed by atoms with Crippen LogP contribution in [0.15, 0.2) is 40.9 Å². The summed E-state index contributed by atoms with van der Waals surface area (Å²) in [6.07, 6.45) is 2.33. The van der Waals surface area contributed by atoms with E-state index in [0.717, 1.165) is 12.0 Å². The molecule has 1 heterocycles. The van der Waals surface area contributed by atoms with Crippen LogP contribution in [0, 0.1) is 24.7 Å². The molecule has 2 fully saturated rings. The highest BCUT2D eigenvalue weighted by Gasteiger charge is 2.50. The number of hydrogen-bond donors (Lipinski definition) is 1. The fourth-order valence-electron chi connectivity index (χ4n) is 4.60. The van der Waals surface area contributed by atoms with E-state index in [1.807, 2.05) is 6.92 Å². The Morgan fingerprint density at radius 2 is 1.88 bits per heavy atom. The van der Waals surface area contributed by atoms with Crippen molar-refractivity contribution in [2.45, 2.75) is 33.1 Å². The molecule has 3 amide bonds. The van der Waals surface area contributed by atoms with Gasteiger partial charge in [-0.25, -0.2) is 4.79 Å². The average Bonchev–Trinajstić information content (AvgIpc) is 3.05. The summed E-state index contributed by atoms with van der Waals surface area (Å²) in [4.78, 5) is 51.9. The van der Waals surface area contributed by atoms with Gasteiger partial charge in [0.15, 0.2) is 6.61 Å². The molecule has 0 bridgehead atoms. The van der Waals surface area contributed by atoms with Crippen molar-refractivity contribution in [1.82, 2.24) is 0 Å². The van der Waals surface area contributed by atoms with E-state index in [4.69, 9.17) is 16.3 Å². The van der Waals surface area contributed by atoms with Crippen molar-refractivity contribution in [2.24, 2.45) is 17.8 Å². The highest BCUT2D eigenvalue weighted by atomic mass is 79.9. The Bertz CT molecular complexity index is 1180. The third kappa shape index (κ3) is 4.88. The minimum absolute atomic E-state index is 0.150. The van der Waals surface area contributed by atoms with Crippen molar-refractivity contribution in [1.29, 1.82) is 0 Å². The van der Waals surface area contributed by atoms with Gasteiger partial charge < -0.3 is 10.1 Å². The average molecular weight is 548 g/mol. The summed E-state index contributed by atoms with van der Waals surface area (Å²) in [6.45, 7) is 3.40. The maximum atomic E-state index is 13.0. The Labute approximate surface area is 210 Å². The Morgan fingerprint density at radius 3 is 2.65 bits per heavy atom. The number of nitrogens with zero attached hydrogens (tertiary/aromatic N) is 1. The number of halogens is 2. The van der Waals surface area contributed by atoms with Crippen molar-refractivity contribution in [3.05, 3.63) is 57.0 Å². The zero-order chi connectivity index (χ0) is 24.6. The van der Waals surface area contributed by atoms with Crippen LogP contribution >= 0.6 is 27.5 Å². The minimum Gasteiger partial charge on any atom is -0.452 e. The number of anilines is 2. The van der Waals surface area contributed by atoms with Crippen molar-refractivity contribution in [3.63, 3.8) is 0 Å². The van der Waals surface area contributed by atoms with Gasteiger partial charge in [0.1, 0.15) is 0 Å². The molecular formula is C25H24BrClN2O5. The van der Waals surface area contributed by atoms with Crippen molar-refractivity contribution >= 4 is 62.6 Å². The molecule has 1 saturated heterocycles. The topological polar surface area (TPSA) is 92.8 Å². The molecule has 2 aliphatic rings. The second-order valence-corrected chi connectivity index (χ2v) is 10.2. The molecule has 1 aliphatic carbocycles. The molecule has 0 unspecified atom stereocenters. The second-order valence-electron chi connectivity index (χ2n) is 8.90. The van der Waals surface area contributed by atoms with Crippen molar-refractivity contribution in [2.75, 3.05) is 16.8 Å². The smallest absolute Gasteiger partial charge is 0.338 e. The van der Waals surface area contributed by atoms with Gasteiger partial charge in [0.05, 0.1) is 28.1 Å². The summed E-state index contributed by atoms with van der Waals surface area (Å²) in [5, 5.41) is 3.11. The molecule has 34 heavy (non-hydrogen) atoms. The number of carbonyl (C=O) groups is 4. The third-order valence-electron chi connectivity index (χ3n) is 6.40. The number of rotatable bonds is 5. The minimum atomic E-state index is -0.729. The number of nitrogens with one attached hydrogen (secondary N) is 1. The molecule has 9 heteroatoms. The fraction of sp³-hybridized carbons (Fsp3) is 0.360. The number of fused-ring (bicyclic) bond motifs is 1. The molecule has 1 N–H and O–H groups in total. The molecule has 2 aromatic carbocycles. The number of benzene rings is 2. The summed E-state index contributed by atoms with van der Waals surface area (Å²) in [5.41, 5.74) is 1.80. The van der Waals surface area contributed by atoms with Crippen LogP contribution < -0.4 is 10.2 Å². The summed E-state index contributed by atoms with van der Waals surface area (Å²) in [6, 6.07) is 9.56. The zero-order valence-electron chi connectivity index (χ0n) is 18.8. The number of hydrogen-bond acceptors (Lipinski definition) is 5. The highest BCUT2D eigenvalue weighted by Crippen LogP contribution is 2.42. The molecule has 3 atom stereocenters. The largest absolute Gasteiger partial charge is 0.452 e. The molecule has 0 radical (unpaired) electrons. The lowest BCUT2D eigenvalue weighted by molar-refractivity contribution is -0.122. The fourth-order valence-corrected chi connectivity index (χ4v) is 5.22. The maximum absolute atomic E-state index is 13.0. The van der Waals surface area contributed by atoms with Gasteiger partial charge in [-0.05, 0) is 83.9 Å². The first-order chi connectivity index (χ1) is 16.2. The van der Waals surface area contributed by atoms with Gasteiger partial charge in [0, 0.05) is 10.2 Å². The molecule has 4 rings (SSSR count). The number of carbonyl (C=O) groups excluding carboxylic acids is 4. The van der Waals surface area contributed by atoms with E-state index in [1.165, 1.54) is 17.0 Å². The highest BCUT2D eigenvalue weighted by molar-refractivity contribution is 9.10. The number of amides is 3. The third-order valence-corrected chi connectivity index (χ3v) is 7.60. The van der Waals surface area contributed by atoms with Gasteiger partial charge in [-0.1, -0.05) is 24.6 Å². The van der Waals surface area contributed by atoms with Crippen LogP contribution in [0.25, 0.3) is 0 Å². The molecular weight excluding hydrogens is 524 g/mol. The van der Waals surface area contributed by atoms with Gasteiger partial charge >= 0.3 is 5.97 Å². The van der Waals surface area contributed by atoms with Crippen LogP contribution in [0.1, 0.15) is 42.1 Å². The second kappa shape index (κ2) is 9.88. The molecule has 178 valence electrons. The monoisotopic (exact) mass is 546 g/mol.